The monoisotopic (exact) mass is 382 g/mol. The van der Waals surface area contributed by atoms with Crippen LogP contribution in [0.4, 0.5) is 10.1 Å². The van der Waals surface area contributed by atoms with Gasteiger partial charge in [-0.2, -0.15) is 4.80 Å². The first kappa shape index (κ1) is 18.7. The third kappa shape index (κ3) is 4.18. The fraction of sp³-hybridized carbons (Fsp3) is 0.562. The molecule has 10 heteroatoms. The summed E-state index contributed by atoms with van der Waals surface area (Å²) in [5.74, 6) is 0.268. The van der Waals surface area contributed by atoms with E-state index in [2.05, 4.69) is 25.4 Å². The number of nitrogens with one attached hydrogen (secondary N) is 2. The molecule has 1 aliphatic carbocycles. The van der Waals surface area contributed by atoms with Gasteiger partial charge in [-0.25, -0.2) is 17.5 Å². The minimum atomic E-state index is -3.60. The van der Waals surface area contributed by atoms with Crippen LogP contribution in [0.1, 0.15) is 32.1 Å². The van der Waals surface area contributed by atoms with E-state index in [1.807, 2.05) is 0 Å². The first-order valence-electron chi connectivity index (χ1n) is 8.72. The number of alkyl halides is 1. The largest absolute Gasteiger partial charge is 0.382 e. The van der Waals surface area contributed by atoms with E-state index in [4.69, 9.17) is 0 Å². The van der Waals surface area contributed by atoms with E-state index >= 15 is 0 Å². The molecule has 1 aliphatic rings. The Balaban J connectivity index is 1.98. The molecule has 1 aromatic carbocycles. The smallest absolute Gasteiger partial charge is 0.240 e. The first-order chi connectivity index (χ1) is 12.5. The number of sulfonamides is 1. The third-order valence-electron chi connectivity index (χ3n) is 4.51. The average Bonchev–Trinajstić information content (AvgIpc) is 3.11. The quantitative estimate of drug-likeness (QED) is 0.759. The Labute approximate surface area is 152 Å². The van der Waals surface area contributed by atoms with Gasteiger partial charge in [0.15, 0.2) is 0 Å². The van der Waals surface area contributed by atoms with Crippen molar-refractivity contribution < 1.29 is 12.8 Å². The number of aryl methyl sites for hydroxylation is 1. The lowest BCUT2D eigenvalue weighted by atomic mass is 9.95. The highest BCUT2D eigenvalue weighted by molar-refractivity contribution is 7.89. The number of aromatic nitrogens is 4. The van der Waals surface area contributed by atoms with Crippen molar-refractivity contribution in [3.05, 3.63) is 18.2 Å². The van der Waals surface area contributed by atoms with Crippen molar-refractivity contribution in [1.29, 1.82) is 0 Å². The van der Waals surface area contributed by atoms with E-state index < -0.39 is 16.7 Å². The van der Waals surface area contributed by atoms with Crippen molar-refractivity contribution in [3.63, 3.8) is 0 Å². The van der Waals surface area contributed by atoms with E-state index in [1.165, 1.54) is 37.2 Å². The second-order valence-electron chi connectivity index (χ2n) is 6.29. The van der Waals surface area contributed by atoms with Crippen LogP contribution in [0.25, 0.3) is 11.4 Å². The van der Waals surface area contributed by atoms with Gasteiger partial charge in [-0.3, -0.25) is 0 Å². The highest BCUT2D eigenvalue weighted by Crippen LogP contribution is 2.30. The van der Waals surface area contributed by atoms with E-state index in [0.717, 1.165) is 18.5 Å². The number of tetrazole rings is 1. The molecule has 1 fully saturated rings. The van der Waals surface area contributed by atoms with Crippen LogP contribution in [0.2, 0.25) is 0 Å². The molecule has 0 aliphatic heterocycles. The molecule has 0 amide bonds. The standard InChI is InChI=1S/C16H23FN6O2S/c1-18-26(24,25)13-7-8-15(19-12-5-3-2-4-6-12)14(11-13)16-20-22-23(21-16)10-9-17/h7-8,11-12,18-19H,2-6,9-10H2,1H3. The second kappa shape index (κ2) is 8.09. The average molecular weight is 382 g/mol. The summed E-state index contributed by atoms with van der Waals surface area (Å²) in [6, 6.07) is 5.12. The predicted molar refractivity (Wildman–Crippen MR) is 96.0 cm³/mol. The van der Waals surface area contributed by atoms with Crippen LogP contribution in [-0.2, 0) is 16.6 Å². The molecule has 1 saturated carbocycles. The number of nitrogens with zero attached hydrogens (tertiary/aromatic N) is 4. The fourth-order valence-electron chi connectivity index (χ4n) is 3.11. The molecule has 0 spiro atoms. The molecule has 1 heterocycles. The van der Waals surface area contributed by atoms with Gasteiger partial charge >= 0.3 is 0 Å². The van der Waals surface area contributed by atoms with Crippen molar-refractivity contribution in [2.45, 2.75) is 49.6 Å². The summed E-state index contributed by atoms with van der Waals surface area (Å²) in [4.78, 5) is 1.28. The Morgan fingerprint density at radius 1 is 1.27 bits per heavy atom. The Kier molecular flexibility index (Phi) is 5.82. The lowest BCUT2D eigenvalue weighted by molar-refractivity contribution is 0.397. The topological polar surface area (TPSA) is 102 Å². The maximum Gasteiger partial charge on any atom is 0.240 e. The number of anilines is 1. The van der Waals surface area contributed by atoms with Gasteiger partial charge in [-0.05, 0) is 43.3 Å². The molecule has 1 aromatic heterocycles. The summed E-state index contributed by atoms with van der Waals surface area (Å²) in [6.45, 7) is -0.593. The van der Waals surface area contributed by atoms with Gasteiger partial charge in [0.1, 0.15) is 6.67 Å². The number of benzene rings is 1. The Morgan fingerprint density at radius 3 is 2.73 bits per heavy atom. The van der Waals surface area contributed by atoms with Crippen molar-refractivity contribution in [2.75, 3.05) is 19.0 Å². The summed E-state index contributed by atoms with van der Waals surface area (Å²) in [7, 11) is -2.24. The Morgan fingerprint density at radius 2 is 2.04 bits per heavy atom. The van der Waals surface area contributed by atoms with Crippen LogP contribution < -0.4 is 10.0 Å². The van der Waals surface area contributed by atoms with Crippen molar-refractivity contribution in [2.24, 2.45) is 0 Å². The second-order valence-corrected chi connectivity index (χ2v) is 8.18. The molecule has 0 saturated heterocycles. The number of hydrogen-bond acceptors (Lipinski definition) is 6. The zero-order chi connectivity index (χ0) is 18.6. The van der Waals surface area contributed by atoms with Crippen molar-refractivity contribution in [3.8, 4) is 11.4 Å². The highest BCUT2D eigenvalue weighted by atomic mass is 32.2. The van der Waals surface area contributed by atoms with Gasteiger partial charge < -0.3 is 5.32 Å². The molecule has 142 valence electrons. The van der Waals surface area contributed by atoms with Crippen LogP contribution in [0.3, 0.4) is 0 Å². The lowest BCUT2D eigenvalue weighted by Gasteiger charge is -2.25. The third-order valence-corrected chi connectivity index (χ3v) is 5.93. The van der Waals surface area contributed by atoms with Crippen LogP contribution in [0.5, 0.6) is 0 Å². The lowest BCUT2D eigenvalue weighted by Crippen LogP contribution is -2.23. The Bertz CT molecular complexity index is 848. The molecule has 26 heavy (non-hydrogen) atoms. The zero-order valence-corrected chi connectivity index (χ0v) is 15.5. The Hall–Kier alpha value is -2.07. The maximum atomic E-state index is 12.5. The normalized spacial score (nSPS) is 15.9. The van der Waals surface area contributed by atoms with Crippen molar-refractivity contribution >= 4 is 15.7 Å². The molecule has 2 N–H and O–H groups in total. The highest BCUT2D eigenvalue weighted by Gasteiger charge is 2.20. The van der Waals surface area contributed by atoms with Crippen LogP contribution in [0, 0.1) is 0 Å². The van der Waals surface area contributed by atoms with E-state index in [1.54, 1.807) is 12.1 Å². The first-order valence-corrected chi connectivity index (χ1v) is 10.2. The van der Waals surface area contributed by atoms with Crippen LogP contribution in [0.15, 0.2) is 23.1 Å². The maximum absolute atomic E-state index is 12.5. The molecule has 0 bridgehead atoms. The molecule has 0 unspecified atom stereocenters. The van der Waals surface area contributed by atoms with Crippen LogP contribution in [-0.4, -0.2) is 48.4 Å². The summed E-state index contributed by atoms with van der Waals surface area (Å²) in [5.41, 5.74) is 1.30. The molecule has 0 radical (unpaired) electrons. The summed E-state index contributed by atoms with van der Waals surface area (Å²) < 4.78 is 39.1. The predicted octanol–water partition coefficient (Wildman–Crippen LogP) is 1.96. The minimum absolute atomic E-state index is 0.00684. The molecule has 8 nitrogen and oxygen atoms in total. The number of rotatable bonds is 7. The minimum Gasteiger partial charge on any atom is -0.382 e. The van der Waals surface area contributed by atoms with Gasteiger partial charge in [-0.15, -0.1) is 10.2 Å². The number of hydrogen-bond donors (Lipinski definition) is 2. The molecule has 3 rings (SSSR count). The van der Waals surface area contributed by atoms with Gasteiger partial charge in [0.25, 0.3) is 0 Å². The van der Waals surface area contributed by atoms with Crippen molar-refractivity contribution in [1.82, 2.24) is 24.9 Å². The van der Waals surface area contributed by atoms with Gasteiger partial charge in [0, 0.05) is 17.3 Å². The molecule has 2 aromatic rings. The molecular weight excluding hydrogens is 359 g/mol. The van der Waals surface area contributed by atoms with E-state index in [0.29, 0.717) is 11.6 Å². The fourth-order valence-corrected chi connectivity index (χ4v) is 3.86. The van der Waals surface area contributed by atoms with E-state index in [-0.39, 0.29) is 17.3 Å². The zero-order valence-electron chi connectivity index (χ0n) is 14.7. The van der Waals surface area contributed by atoms with Gasteiger partial charge in [0.05, 0.1) is 11.4 Å². The molecule has 0 atom stereocenters. The van der Waals surface area contributed by atoms with E-state index in [9.17, 15) is 12.8 Å². The summed E-state index contributed by atoms with van der Waals surface area (Å²) >= 11 is 0. The summed E-state index contributed by atoms with van der Waals surface area (Å²) in [6.07, 6.45) is 5.72. The molecular formula is C16H23FN6O2S. The summed E-state index contributed by atoms with van der Waals surface area (Å²) in [5, 5.41) is 15.4. The van der Waals surface area contributed by atoms with Crippen LogP contribution >= 0.6 is 0 Å². The van der Waals surface area contributed by atoms with Gasteiger partial charge in [0.2, 0.25) is 15.8 Å². The number of halogens is 1. The SMILES string of the molecule is CNS(=O)(=O)c1ccc(NC2CCCCC2)c(-c2nnn(CCF)n2)c1. The van der Waals surface area contributed by atoms with Gasteiger partial charge in [-0.1, -0.05) is 19.3 Å².